The van der Waals surface area contributed by atoms with E-state index in [1.807, 2.05) is 6.07 Å². The van der Waals surface area contributed by atoms with Gasteiger partial charge in [0.25, 0.3) is 11.6 Å². The third kappa shape index (κ3) is 4.83. The summed E-state index contributed by atoms with van der Waals surface area (Å²) in [6.45, 7) is 2.80. The van der Waals surface area contributed by atoms with Gasteiger partial charge in [-0.3, -0.25) is 14.9 Å². The summed E-state index contributed by atoms with van der Waals surface area (Å²) in [5.41, 5.74) is 1.33. The average Bonchev–Trinajstić information content (AvgIpc) is 2.67. The monoisotopic (exact) mass is 370 g/mol. The molecule has 0 spiro atoms. The average molecular weight is 370 g/mol. The number of para-hydroxylation sites is 2. The van der Waals surface area contributed by atoms with Crippen LogP contribution in [0.3, 0.4) is 0 Å². The van der Waals surface area contributed by atoms with Gasteiger partial charge >= 0.3 is 0 Å². The number of carbonyl (C=O) groups excluding carboxylic acids is 1. The van der Waals surface area contributed by atoms with E-state index in [2.05, 4.69) is 5.32 Å². The number of nitro benzene ring substituents is 1. The van der Waals surface area contributed by atoms with Gasteiger partial charge in [-0.1, -0.05) is 12.1 Å². The molecule has 142 valence electrons. The molecule has 7 nitrogen and oxygen atoms in total. The highest BCUT2D eigenvalue weighted by Crippen LogP contribution is 2.26. The summed E-state index contributed by atoms with van der Waals surface area (Å²) in [4.78, 5) is 23.0. The van der Waals surface area contributed by atoms with E-state index in [-0.39, 0.29) is 17.7 Å². The highest BCUT2D eigenvalue weighted by atomic mass is 16.6. The number of nitrogens with zero attached hydrogens (tertiary/aromatic N) is 1. The molecule has 0 radical (unpaired) electrons. The minimum Gasteiger partial charge on any atom is -0.489 e. The summed E-state index contributed by atoms with van der Waals surface area (Å²) < 4.78 is 11.5. The minimum absolute atomic E-state index is 0.0113. The molecule has 2 aromatic rings. The van der Waals surface area contributed by atoms with Crippen LogP contribution < -0.4 is 10.1 Å². The Kier molecular flexibility index (Phi) is 6.03. The zero-order valence-electron chi connectivity index (χ0n) is 15.1. The van der Waals surface area contributed by atoms with Crippen molar-refractivity contribution in [3.05, 3.63) is 63.7 Å². The maximum atomic E-state index is 12.5. The van der Waals surface area contributed by atoms with E-state index >= 15 is 0 Å². The third-order valence-corrected chi connectivity index (χ3v) is 4.49. The van der Waals surface area contributed by atoms with E-state index in [4.69, 9.17) is 9.47 Å². The van der Waals surface area contributed by atoms with Crippen molar-refractivity contribution in [2.24, 2.45) is 0 Å². The number of benzene rings is 2. The summed E-state index contributed by atoms with van der Waals surface area (Å²) in [7, 11) is 0. The Bertz CT molecular complexity index is 831. The number of amides is 1. The Hall–Kier alpha value is -2.93. The number of nitrogens with one attached hydrogen (secondary N) is 1. The normalized spacial score (nSPS) is 16.6. The molecule has 7 heteroatoms. The van der Waals surface area contributed by atoms with Crippen LogP contribution in [0.2, 0.25) is 0 Å². The standard InChI is InChI=1S/C20H22N2O5/c1-14-12-15(9-10-18(14)22(24)25)20(23)21-17-7-2-3-8-19(17)27-13-16-6-4-5-11-26-16/h2-3,7-10,12,16H,4-6,11,13H2,1H3,(H,21,23). The Morgan fingerprint density at radius 3 is 2.81 bits per heavy atom. The molecule has 1 unspecified atom stereocenters. The van der Waals surface area contributed by atoms with E-state index in [1.54, 1.807) is 25.1 Å². The second-order valence-corrected chi connectivity index (χ2v) is 6.51. The van der Waals surface area contributed by atoms with Gasteiger partial charge in [0.05, 0.1) is 16.7 Å². The molecular weight excluding hydrogens is 348 g/mol. The molecule has 1 fully saturated rings. The topological polar surface area (TPSA) is 90.7 Å². The molecule has 1 aliphatic heterocycles. The van der Waals surface area contributed by atoms with Crippen molar-refractivity contribution in [1.29, 1.82) is 0 Å². The number of ether oxygens (including phenoxy) is 2. The molecule has 2 aromatic carbocycles. The zero-order chi connectivity index (χ0) is 19.2. The van der Waals surface area contributed by atoms with Crippen LogP contribution in [0.1, 0.15) is 35.2 Å². The van der Waals surface area contributed by atoms with Crippen LogP contribution in [0.25, 0.3) is 0 Å². The number of carbonyl (C=O) groups is 1. The van der Waals surface area contributed by atoms with Crippen molar-refractivity contribution >= 4 is 17.3 Å². The van der Waals surface area contributed by atoms with Gasteiger partial charge in [0.1, 0.15) is 12.4 Å². The first-order valence-corrected chi connectivity index (χ1v) is 8.94. The van der Waals surface area contributed by atoms with Crippen LogP contribution >= 0.6 is 0 Å². The van der Waals surface area contributed by atoms with Crippen LogP contribution in [-0.2, 0) is 4.74 Å². The van der Waals surface area contributed by atoms with E-state index in [9.17, 15) is 14.9 Å². The van der Waals surface area contributed by atoms with Crippen LogP contribution in [0, 0.1) is 17.0 Å². The molecule has 0 bridgehead atoms. The Balaban J connectivity index is 1.69. The predicted molar refractivity (Wildman–Crippen MR) is 101 cm³/mol. The van der Waals surface area contributed by atoms with Crippen LogP contribution in [0.5, 0.6) is 5.75 Å². The lowest BCUT2D eigenvalue weighted by atomic mass is 10.1. The molecule has 0 aromatic heterocycles. The Morgan fingerprint density at radius 1 is 1.30 bits per heavy atom. The van der Waals surface area contributed by atoms with Gasteiger partial charge in [0.2, 0.25) is 0 Å². The molecule has 27 heavy (non-hydrogen) atoms. The lowest BCUT2D eigenvalue weighted by molar-refractivity contribution is -0.385. The highest BCUT2D eigenvalue weighted by molar-refractivity contribution is 6.05. The van der Waals surface area contributed by atoms with Gasteiger partial charge in [0, 0.05) is 23.8 Å². The van der Waals surface area contributed by atoms with E-state index < -0.39 is 4.92 Å². The largest absolute Gasteiger partial charge is 0.489 e. The van der Waals surface area contributed by atoms with Crippen molar-refractivity contribution in [3.8, 4) is 5.75 Å². The first kappa shape index (κ1) is 18.8. The van der Waals surface area contributed by atoms with Crippen molar-refractivity contribution in [2.45, 2.75) is 32.3 Å². The molecule has 3 rings (SSSR count). The molecular formula is C20H22N2O5. The summed E-state index contributed by atoms with van der Waals surface area (Å²) in [5, 5.41) is 13.7. The van der Waals surface area contributed by atoms with Gasteiger partial charge in [-0.15, -0.1) is 0 Å². The lowest BCUT2D eigenvalue weighted by Gasteiger charge is -2.23. The SMILES string of the molecule is Cc1cc(C(=O)Nc2ccccc2OCC2CCCCO2)ccc1[N+](=O)[O-]. The minimum atomic E-state index is -0.465. The van der Waals surface area contributed by atoms with Crippen molar-refractivity contribution in [2.75, 3.05) is 18.5 Å². The van der Waals surface area contributed by atoms with Gasteiger partial charge < -0.3 is 14.8 Å². The number of hydrogen-bond donors (Lipinski definition) is 1. The second kappa shape index (κ2) is 8.64. The highest BCUT2D eigenvalue weighted by Gasteiger charge is 2.17. The number of nitro groups is 1. The van der Waals surface area contributed by atoms with Crippen LogP contribution in [-0.4, -0.2) is 30.1 Å². The quantitative estimate of drug-likeness (QED) is 0.610. The number of anilines is 1. The molecule has 1 aliphatic rings. The van der Waals surface area contributed by atoms with E-state index in [0.29, 0.717) is 29.2 Å². The smallest absolute Gasteiger partial charge is 0.272 e. The fourth-order valence-electron chi connectivity index (χ4n) is 3.01. The molecule has 1 heterocycles. The maximum absolute atomic E-state index is 12.5. The summed E-state index contributed by atoms with van der Waals surface area (Å²) in [5.74, 6) is 0.219. The molecule has 1 atom stereocenters. The fraction of sp³-hybridized carbons (Fsp3) is 0.350. The van der Waals surface area contributed by atoms with E-state index in [1.165, 1.54) is 18.2 Å². The van der Waals surface area contributed by atoms with Gasteiger partial charge in [-0.25, -0.2) is 0 Å². The summed E-state index contributed by atoms with van der Waals surface area (Å²) in [6.07, 6.45) is 3.25. The van der Waals surface area contributed by atoms with Crippen molar-refractivity contribution < 1.29 is 19.2 Å². The zero-order valence-corrected chi connectivity index (χ0v) is 15.1. The first-order chi connectivity index (χ1) is 13.0. The fourth-order valence-corrected chi connectivity index (χ4v) is 3.01. The third-order valence-electron chi connectivity index (χ3n) is 4.49. The second-order valence-electron chi connectivity index (χ2n) is 6.51. The summed E-state index contributed by atoms with van der Waals surface area (Å²) in [6, 6.07) is 11.5. The summed E-state index contributed by atoms with van der Waals surface area (Å²) >= 11 is 0. The number of aryl methyl sites for hydroxylation is 1. The lowest BCUT2D eigenvalue weighted by Crippen LogP contribution is -2.26. The maximum Gasteiger partial charge on any atom is 0.272 e. The predicted octanol–water partition coefficient (Wildman–Crippen LogP) is 4.10. The molecule has 1 saturated heterocycles. The van der Waals surface area contributed by atoms with E-state index in [0.717, 1.165) is 25.9 Å². The van der Waals surface area contributed by atoms with Gasteiger partial charge in [-0.05, 0) is 50.5 Å². The van der Waals surface area contributed by atoms with Crippen molar-refractivity contribution in [1.82, 2.24) is 0 Å². The van der Waals surface area contributed by atoms with Gasteiger partial charge in [-0.2, -0.15) is 0 Å². The van der Waals surface area contributed by atoms with Gasteiger partial charge in [0.15, 0.2) is 0 Å². The Morgan fingerprint density at radius 2 is 2.11 bits per heavy atom. The van der Waals surface area contributed by atoms with Crippen LogP contribution in [0.4, 0.5) is 11.4 Å². The molecule has 1 amide bonds. The first-order valence-electron chi connectivity index (χ1n) is 8.94. The molecule has 0 saturated carbocycles. The number of rotatable bonds is 6. The number of hydrogen-bond acceptors (Lipinski definition) is 5. The molecule has 1 N–H and O–H groups in total. The molecule has 0 aliphatic carbocycles. The Labute approximate surface area is 157 Å². The van der Waals surface area contributed by atoms with Crippen LogP contribution in [0.15, 0.2) is 42.5 Å². The van der Waals surface area contributed by atoms with Crippen molar-refractivity contribution in [3.63, 3.8) is 0 Å².